The number of hydrogen-bond acceptors (Lipinski definition) is 1. The lowest BCUT2D eigenvalue weighted by Gasteiger charge is -2.09. The van der Waals surface area contributed by atoms with Crippen LogP contribution in [0.3, 0.4) is 0 Å². The molecule has 0 amide bonds. The topological polar surface area (TPSA) is 12.0 Å². The summed E-state index contributed by atoms with van der Waals surface area (Å²) in [6.07, 6.45) is 0. The summed E-state index contributed by atoms with van der Waals surface area (Å²) in [6.45, 7) is 9.14. The van der Waals surface area contributed by atoms with Gasteiger partial charge in [0.25, 0.3) is 0 Å². The fourth-order valence-corrected chi connectivity index (χ4v) is 1.36. The Balaban J connectivity index is 2.67. The van der Waals surface area contributed by atoms with E-state index in [1.807, 2.05) is 13.0 Å². The molecule has 0 unspecified atom stereocenters. The first-order valence-electron chi connectivity index (χ1n) is 5.13. The molecule has 0 aliphatic rings. The van der Waals surface area contributed by atoms with Crippen LogP contribution in [0.15, 0.2) is 29.5 Å². The van der Waals surface area contributed by atoms with Crippen molar-refractivity contribution in [1.82, 2.24) is 5.32 Å². The van der Waals surface area contributed by atoms with Gasteiger partial charge in [-0.25, -0.2) is 0 Å². The summed E-state index contributed by atoms with van der Waals surface area (Å²) in [6, 6.07) is 6.17. The van der Waals surface area contributed by atoms with E-state index in [4.69, 9.17) is 11.6 Å². The molecule has 0 spiro atoms. The zero-order valence-electron chi connectivity index (χ0n) is 9.82. The van der Waals surface area contributed by atoms with Crippen molar-refractivity contribution in [2.24, 2.45) is 0 Å². The Bertz CT molecular complexity index is 376. The van der Waals surface area contributed by atoms with Crippen LogP contribution in [0.25, 0.3) is 0 Å². The number of allylic oxidation sites excluding steroid dienone is 2. The highest BCUT2D eigenvalue weighted by Crippen LogP contribution is 2.16. The number of rotatable bonds is 3. The Hall–Kier alpha value is -0.950. The third kappa shape index (κ3) is 3.60. The predicted octanol–water partition coefficient (Wildman–Crippen LogP) is 4.05. The van der Waals surface area contributed by atoms with Crippen molar-refractivity contribution in [2.45, 2.75) is 34.2 Å². The molecule has 1 N–H and O–H groups in total. The number of nitrogens with one attached hydrogen (secondary N) is 1. The first-order chi connectivity index (χ1) is 7.00. The molecule has 2 heteroatoms. The Kier molecular flexibility index (Phi) is 4.22. The third-order valence-corrected chi connectivity index (χ3v) is 2.95. The molecule has 1 nitrogen and oxygen atoms in total. The van der Waals surface area contributed by atoms with Crippen molar-refractivity contribution in [3.8, 4) is 0 Å². The molecule has 82 valence electrons. The van der Waals surface area contributed by atoms with Crippen LogP contribution in [-0.4, -0.2) is 0 Å². The van der Waals surface area contributed by atoms with Gasteiger partial charge in [-0.3, -0.25) is 0 Å². The molecule has 0 aromatic heterocycles. The maximum Gasteiger partial charge on any atom is 0.0438 e. The molecule has 1 aromatic carbocycles. The summed E-state index contributed by atoms with van der Waals surface area (Å²) >= 11 is 6.05. The second kappa shape index (κ2) is 5.22. The smallest absolute Gasteiger partial charge is 0.0438 e. The first-order valence-corrected chi connectivity index (χ1v) is 5.51. The SMILES string of the molecule is CC(C)=C(C)NCc1ccc(C)c(Cl)c1. The molecule has 0 aliphatic carbocycles. The number of benzene rings is 1. The Morgan fingerprint density at radius 2 is 1.93 bits per heavy atom. The molecule has 0 bridgehead atoms. The number of aryl methyl sites for hydroxylation is 1. The minimum atomic E-state index is 0.830. The van der Waals surface area contributed by atoms with Crippen LogP contribution in [0.5, 0.6) is 0 Å². The van der Waals surface area contributed by atoms with E-state index in [9.17, 15) is 0 Å². The van der Waals surface area contributed by atoms with E-state index >= 15 is 0 Å². The van der Waals surface area contributed by atoms with Crippen molar-refractivity contribution < 1.29 is 0 Å². The molecule has 0 aliphatic heterocycles. The highest BCUT2D eigenvalue weighted by molar-refractivity contribution is 6.31. The van der Waals surface area contributed by atoms with Gasteiger partial charge < -0.3 is 5.32 Å². The van der Waals surface area contributed by atoms with Gasteiger partial charge in [-0.1, -0.05) is 29.3 Å². The van der Waals surface area contributed by atoms with Gasteiger partial charge in [0.2, 0.25) is 0 Å². The first kappa shape index (κ1) is 12.1. The largest absolute Gasteiger partial charge is 0.385 e. The second-order valence-corrected chi connectivity index (χ2v) is 4.47. The second-order valence-electron chi connectivity index (χ2n) is 4.06. The molecule has 0 atom stereocenters. The fourth-order valence-electron chi connectivity index (χ4n) is 1.16. The number of halogens is 1. The molecule has 0 fully saturated rings. The molecule has 0 saturated carbocycles. The molecule has 0 radical (unpaired) electrons. The van der Waals surface area contributed by atoms with Crippen molar-refractivity contribution in [3.05, 3.63) is 45.6 Å². The normalized spacial score (nSPS) is 9.93. The minimum Gasteiger partial charge on any atom is -0.385 e. The van der Waals surface area contributed by atoms with Gasteiger partial charge in [-0.15, -0.1) is 0 Å². The standard InChI is InChI=1S/C13H18ClN/c1-9(2)11(4)15-8-12-6-5-10(3)13(14)7-12/h5-7,15H,8H2,1-4H3. The highest BCUT2D eigenvalue weighted by atomic mass is 35.5. The van der Waals surface area contributed by atoms with Crippen LogP contribution >= 0.6 is 11.6 Å². The van der Waals surface area contributed by atoms with Crippen molar-refractivity contribution >= 4 is 11.6 Å². The fraction of sp³-hybridized carbons (Fsp3) is 0.385. The molecule has 1 aromatic rings. The van der Waals surface area contributed by atoms with Crippen LogP contribution in [0.2, 0.25) is 5.02 Å². The van der Waals surface area contributed by atoms with E-state index < -0.39 is 0 Å². The van der Waals surface area contributed by atoms with E-state index in [1.165, 1.54) is 16.8 Å². The molecular weight excluding hydrogens is 206 g/mol. The van der Waals surface area contributed by atoms with Gasteiger partial charge in [-0.05, 0) is 44.9 Å². The van der Waals surface area contributed by atoms with Gasteiger partial charge in [0.05, 0.1) is 0 Å². The molecule has 0 heterocycles. The van der Waals surface area contributed by atoms with E-state index in [0.717, 1.165) is 17.1 Å². The minimum absolute atomic E-state index is 0.830. The summed E-state index contributed by atoms with van der Waals surface area (Å²) in [5.41, 5.74) is 4.88. The highest BCUT2D eigenvalue weighted by Gasteiger charge is 1.98. The number of hydrogen-bond donors (Lipinski definition) is 1. The monoisotopic (exact) mass is 223 g/mol. The molecule has 0 saturated heterocycles. The molecule has 15 heavy (non-hydrogen) atoms. The summed E-state index contributed by atoms with van der Waals surface area (Å²) < 4.78 is 0. The summed E-state index contributed by atoms with van der Waals surface area (Å²) in [7, 11) is 0. The maximum atomic E-state index is 6.05. The zero-order chi connectivity index (χ0) is 11.4. The lowest BCUT2D eigenvalue weighted by molar-refractivity contribution is 0.798. The molecular formula is C13H18ClN. The molecule has 1 rings (SSSR count). The maximum absolute atomic E-state index is 6.05. The summed E-state index contributed by atoms with van der Waals surface area (Å²) in [5.74, 6) is 0. The zero-order valence-corrected chi connectivity index (χ0v) is 10.6. The quantitative estimate of drug-likeness (QED) is 0.815. The summed E-state index contributed by atoms with van der Waals surface area (Å²) in [5, 5.41) is 4.20. The van der Waals surface area contributed by atoms with Gasteiger partial charge in [0, 0.05) is 17.3 Å². The van der Waals surface area contributed by atoms with Crippen molar-refractivity contribution in [2.75, 3.05) is 0 Å². The van der Waals surface area contributed by atoms with Crippen molar-refractivity contribution in [1.29, 1.82) is 0 Å². The van der Waals surface area contributed by atoms with E-state index in [1.54, 1.807) is 0 Å². The van der Waals surface area contributed by atoms with Gasteiger partial charge in [0.15, 0.2) is 0 Å². The average Bonchev–Trinajstić information content (AvgIpc) is 2.19. The van der Waals surface area contributed by atoms with Gasteiger partial charge in [0.1, 0.15) is 0 Å². The average molecular weight is 224 g/mol. The van der Waals surface area contributed by atoms with E-state index in [-0.39, 0.29) is 0 Å². The summed E-state index contributed by atoms with van der Waals surface area (Å²) in [4.78, 5) is 0. The lowest BCUT2D eigenvalue weighted by Crippen LogP contribution is -2.11. The Labute approximate surface area is 97.1 Å². The van der Waals surface area contributed by atoms with Crippen LogP contribution in [0, 0.1) is 6.92 Å². The Morgan fingerprint density at radius 1 is 1.27 bits per heavy atom. The third-order valence-electron chi connectivity index (χ3n) is 2.54. The van der Waals surface area contributed by atoms with Gasteiger partial charge in [-0.2, -0.15) is 0 Å². The van der Waals surface area contributed by atoms with Crippen LogP contribution < -0.4 is 5.32 Å². The van der Waals surface area contributed by atoms with Crippen LogP contribution in [-0.2, 0) is 6.54 Å². The lowest BCUT2D eigenvalue weighted by atomic mass is 10.1. The van der Waals surface area contributed by atoms with Gasteiger partial charge >= 0.3 is 0 Å². The van der Waals surface area contributed by atoms with Crippen LogP contribution in [0.1, 0.15) is 31.9 Å². The van der Waals surface area contributed by atoms with Crippen LogP contribution in [0.4, 0.5) is 0 Å². The predicted molar refractivity (Wildman–Crippen MR) is 67.1 cm³/mol. The van der Waals surface area contributed by atoms with E-state index in [0.29, 0.717) is 0 Å². The van der Waals surface area contributed by atoms with Crippen molar-refractivity contribution in [3.63, 3.8) is 0 Å². The Morgan fingerprint density at radius 3 is 2.47 bits per heavy atom. The van der Waals surface area contributed by atoms with E-state index in [2.05, 4.69) is 38.2 Å².